The molecule has 124 valence electrons. The van der Waals surface area contributed by atoms with E-state index in [1.165, 1.54) is 17.8 Å². The maximum Gasteiger partial charge on any atom is 0.368 e. The summed E-state index contributed by atoms with van der Waals surface area (Å²) < 4.78 is 21.4. The summed E-state index contributed by atoms with van der Waals surface area (Å²) >= 11 is 0. The van der Waals surface area contributed by atoms with Crippen molar-refractivity contribution in [3.8, 4) is 17.2 Å². The van der Waals surface area contributed by atoms with Gasteiger partial charge in [-0.3, -0.25) is 0 Å². The fourth-order valence-corrected chi connectivity index (χ4v) is 2.26. The van der Waals surface area contributed by atoms with Crippen LogP contribution in [-0.2, 0) is 13.7 Å². The summed E-state index contributed by atoms with van der Waals surface area (Å²) in [5.74, 6) is -0.869. The quantitative estimate of drug-likeness (QED) is 0.787. The van der Waals surface area contributed by atoms with Crippen LogP contribution < -0.4 is 10.4 Å². The van der Waals surface area contributed by atoms with E-state index in [4.69, 9.17) is 4.74 Å². The lowest BCUT2D eigenvalue weighted by molar-refractivity contribution is 0.300. The second-order valence-corrected chi connectivity index (χ2v) is 5.28. The summed E-state index contributed by atoms with van der Waals surface area (Å²) in [6.07, 6.45) is 0. The third-order valence-electron chi connectivity index (χ3n) is 3.57. The largest absolute Gasteiger partial charge is 0.505 e. The Morgan fingerprint density at radius 3 is 2.71 bits per heavy atom. The number of rotatable bonds is 4. The molecule has 0 amide bonds. The van der Waals surface area contributed by atoms with Crippen molar-refractivity contribution >= 4 is 0 Å². The highest BCUT2D eigenvalue weighted by Gasteiger charge is 2.12. The van der Waals surface area contributed by atoms with Crippen LogP contribution in [0.2, 0.25) is 0 Å². The number of para-hydroxylation sites is 1. The predicted octanol–water partition coefficient (Wildman–Crippen LogP) is 1.70. The molecule has 0 radical (unpaired) electrons. The number of aryl methyl sites for hydroxylation is 2. The number of hydrogen-bond donors (Lipinski definition) is 1. The first kappa shape index (κ1) is 15.7. The molecule has 1 N–H and O–H groups in total. The van der Waals surface area contributed by atoms with Gasteiger partial charge >= 0.3 is 5.69 Å². The van der Waals surface area contributed by atoms with E-state index in [2.05, 4.69) is 10.4 Å². The number of tetrazole rings is 1. The fraction of sp³-hybridized carbons (Fsp3) is 0.188. The van der Waals surface area contributed by atoms with Crippen molar-refractivity contribution in [1.82, 2.24) is 19.8 Å². The van der Waals surface area contributed by atoms with Gasteiger partial charge in [0.2, 0.25) is 0 Å². The summed E-state index contributed by atoms with van der Waals surface area (Å²) in [5, 5.41) is 16.8. The Labute approximate surface area is 136 Å². The van der Waals surface area contributed by atoms with Gasteiger partial charge in [-0.15, -0.1) is 0 Å². The van der Waals surface area contributed by atoms with Crippen LogP contribution in [-0.4, -0.2) is 24.9 Å². The first-order valence-corrected chi connectivity index (χ1v) is 7.16. The molecule has 1 aromatic heterocycles. The van der Waals surface area contributed by atoms with Crippen molar-refractivity contribution in [2.45, 2.75) is 13.5 Å². The lowest BCUT2D eigenvalue weighted by Crippen LogP contribution is -2.23. The van der Waals surface area contributed by atoms with Crippen molar-refractivity contribution in [2.24, 2.45) is 7.05 Å². The summed E-state index contributed by atoms with van der Waals surface area (Å²) in [7, 11) is 1.51. The first-order chi connectivity index (χ1) is 11.5. The van der Waals surface area contributed by atoms with E-state index in [0.717, 1.165) is 10.7 Å². The normalized spacial score (nSPS) is 10.8. The predicted molar refractivity (Wildman–Crippen MR) is 83.7 cm³/mol. The third-order valence-corrected chi connectivity index (χ3v) is 3.57. The van der Waals surface area contributed by atoms with Crippen LogP contribution in [0.3, 0.4) is 0 Å². The number of hydrogen-bond acceptors (Lipinski definition) is 5. The molecule has 0 atom stereocenters. The van der Waals surface area contributed by atoms with Gasteiger partial charge in [0, 0.05) is 18.7 Å². The third kappa shape index (κ3) is 2.85. The SMILES string of the molecule is Cc1cc(O)c(F)cc1OCc1ccccc1-n1nnn(C)c1=O. The maximum atomic E-state index is 13.5. The van der Waals surface area contributed by atoms with Crippen LogP contribution in [0.25, 0.3) is 5.69 Å². The number of aromatic hydroxyl groups is 1. The van der Waals surface area contributed by atoms with E-state index >= 15 is 0 Å². The van der Waals surface area contributed by atoms with E-state index < -0.39 is 11.6 Å². The molecule has 7 nitrogen and oxygen atoms in total. The molecule has 3 rings (SSSR count). The van der Waals surface area contributed by atoms with Crippen LogP contribution in [0, 0.1) is 12.7 Å². The molecule has 1 heterocycles. The van der Waals surface area contributed by atoms with Crippen molar-refractivity contribution in [3.63, 3.8) is 0 Å². The van der Waals surface area contributed by atoms with Crippen molar-refractivity contribution in [1.29, 1.82) is 0 Å². The molecular weight excluding hydrogens is 315 g/mol. The molecule has 0 aliphatic carbocycles. The van der Waals surface area contributed by atoms with Gasteiger partial charge in [-0.2, -0.15) is 9.36 Å². The molecule has 2 aromatic carbocycles. The minimum atomic E-state index is -0.756. The molecule has 0 spiro atoms. The van der Waals surface area contributed by atoms with Gasteiger partial charge in [0.25, 0.3) is 0 Å². The average molecular weight is 330 g/mol. The minimum absolute atomic E-state index is 0.101. The standard InChI is InChI=1S/C16H15FN4O3/c1-10-7-14(22)12(17)8-15(10)24-9-11-5-3-4-6-13(11)21-16(23)20(2)18-19-21/h3-8,22H,9H2,1-2H3. The number of ether oxygens (including phenoxy) is 1. The zero-order valence-corrected chi connectivity index (χ0v) is 13.1. The molecular formula is C16H15FN4O3. The van der Waals surface area contributed by atoms with Crippen LogP contribution in [0.4, 0.5) is 4.39 Å². The molecule has 0 unspecified atom stereocenters. The molecule has 3 aromatic rings. The molecule has 0 aliphatic heterocycles. The smallest absolute Gasteiger partial charge is 0.368 e. The van der Waals surface area contributed by atoms with Crippen LogP contribution in [0.1, 0.15) is 11.1 Å². The van der Waals surface area contributed by atoms with E-state index in [9.17, 15) is 14.3 Å². The second-order valence-electron chi connectivity index (χ2n) is 5.28. The van der Waals surface area contributed by atoms with Gasteiger partial charge in [-0.25, -0.2) is 9.18 Å². The van der Waals surface area contributed by atoms with Crippen molar-refractivity contribution in [2.75, 3.05) is 0 Å². The summed E-state index contributed by atoms with van der Waals surface area (Å²) in [5.41, 5.74) is 1.44. The van der Waals surface area contributed by atoms with Gasteiger partial charge in [0.05, 0.1) is 5.69 Å². The molecule has 0 saturated carbocycles. The van der Waals surface area contributed by atoms with Crippen LogP contribution in [0.5, 0.6) is 11.5 Å². The average Bonchev–Trinajstić information content (AvgIpc) is 2.89. The fourth-order valence-electron chi connectivity index (χ4n) is 2.26. The molecule has 0 bridgehead atoms. The zero-order chi connectivity index (χ0) is 17.3. The molecule has 0 aliphatic rings. The number of benzene rings is 2. The minimum Gasteiger partial charge on any atom is -0.505 e. The van der Waals surface area contributed by atoms with E-state index in [1.54, 1.807) is 31.2 Å². The van der Waals surface area contributed by atoms with Gasteiger partial charge in [0.1, 0.15) is 12.4 Å². The van der Waals surface area contributed by atoms with Gasteiger partial charge in [-0.1, -0.05) is 18.2 Å². The number of phenols is 1. The highest BCUT2D eigenvalue weighted by molar-refractivity contribution is 5.42. The van der Waals surface area contributed by atoms with Crippen molar-refractivity contribution < 1.29 is 14.2 Å². The van der Waals surface area contributed by atoms with Gasteiger partial charge in [0.15, 0.2) is 11.6 Å². The summed E-state index contributed by atoms with van der Waals surface area (Å²) in [6, 6.07) is 9.49. The lowest BCUT2D eigenvalue weighted by Gasteiger charge is -2.12. The zero-order valence-electron chi connectivity index (χ0n) is 13.1. The number of nitrogens with zero attached hydrogens (tertiary/aromatic N) is 4. The Kier molecular flexibility index (Phi) is 4.03. The number of aromatic nitrogens is 4. The Morgan fingerprint density at radius 1 is 1.25 bits per heavy atom. The van der Waals surface area contributed by atoms with E-state index in [1.807, 2.05) is 0 Å². The summed E-state index contributed by atoms with van der Waals surface area (Å²) in [4.78, 5) is 12.0. The maximum absolute atomic E-state index is 13.5. The van der Waals surface area contributed by atoms with Gasteiger partial charge < -0.3 is 9.84 Å². The van der Waals surface area contributed by atoms with Crippen molar-refractivity contribution in [3.05, 3.63) is 63.8 Å². The first-order valence-electron chi connectivity index (χ1n) is 7.16. The number of phenolic OH excluding ortho intramolecular Hbond substituents is 1. The topological polar surface area (TPSA) is 82.2 Å². The highest BCUT2D eigenvalue weighted by atomic mass is 19.1. The number of halogens is 1. The molecule has 24 heavy (non-hydrogen) atoms. The second kappa shape index (κ2) is 6.15. The van der Waals surface area contributed by atoms with Crippen LogP contribution in [0.15, 0.2) is 41.2 Å². The Balaban J connectivity index is 1.91. The highest BCUT2D eigenvalue weighted by Crippen LogP contribution is 2.27. The van der Waals surface area contributed by atoms with E-state index in [-0.39, 0.29) is 12.3 Å². The molecule has 0 fully saturated rings. The van der Waals surface area contributed by atoms with E-state index in [0.29, 0.717) is 22.6 Å². The monoisotopic (exact) mass is 330 g/mol. The molecule has 8 heteroatoms. The Hall–Kier alpha value is -3.16. The molecule has 0 saturated heterocycles. The van der Waals surface area contributed by atoms with Crippen LogP contribution >= 0.6 is 0 Å². The summed E-state index contributed by atoms with van der Waals surface area (Å²) in [6.45, 7) is 1.80. The Bertz CT molecular complexity index is 949. The van der Waals surface area contributed by atoms with Gasteiger partial charge in [-0.05, 0) is 35.0 Å². The Morgan fingerprint density at radius 2 is 2.00 bits per heavy atom. The lowest BCUT2D eigenvalue weighted by atomic mass is 10.2.